The predicted molar refractivity (Wildman–Crippen MR) is 87.5 cm³/mol. The maximum atomic E-state index is 5.77. The van der Waals surface area contributed by atoms with Crippen molar-refractivity contribution in [3.63, 3.8) is 0 Å². The van der Waals surface area contributed by atoms with Crippen molar-refractivity contribution in [3.05, 3.63) is 29.3 Å². The summed E-state index contributed by atoms with van der Waals surface area (Å²) >= 11 is 0. The van der Waals surface area contributed by atoms with Gasteiger partial charge >= 0.3 is 0 Å². The fourth-order valence-electron chi connectivity index (χ4n) is 3.30. The molecule has 0 atom stereocenters. The van der Waals surface area contributed by atoms with Crippen molar-refractivity contribution in [2.45, 2.75) is 38.1 Å². The molecular formula is C17H29N3. The molecular weight excluding hydrogens is 246 g/mol. The minimum Gasteiger partial charge on any atom is -0.373 e. The molecule has 20 heavy (non-hydrogen) atoms. The van der Waals surface area contributed by atoms with Crippen LogP contribution in [-0.2, 0) is 6.42 Å². The smallest absolute Gasteiger partial charge is 0.0397 e. The molecule has 0 aromatic heterocycles. The molecule has 1 aliphatic rings. The van der Waals surface area contributed by atoms with E-state index in [0.29, 0.717) is 12.1 Å². The van der Waals surface area contributed by atoms with E-state index < -0.39 is 0 Å². The van der Waals surface area contributed by atoms with Crippen LogP contribution in [0.2, 0.25) is 0 Å². The Kier molecular flexibility index (Phi) is 4.71. The van der Waals surface area contributed by atoms with Gasteiger partial charge in [-0.25, -0.2) is 0 Å². The molecule has 0 amide bonds. The van der Waals surface area contributed by atoms with Crippen molar-refractivity contribution in [1.82, 2.24) is 4.90 Å². The van der Waals surface area contributed by atoms with Crippen LogP contribution in [0.1, 0.15) is 30.4 Å². The summed E-state index contributed by atoms with van der Waals surface area (Å²) in [6.07, 6.45) is 4.93. The Labute approximate surface area is 123 Å². The Morgan fingerprint density at radius 3 is 2.40 bits per heavy atom. The highest BCUT2D eigenvalue weighted by molar-refractivity contribution is 5.55. The van der Waals surface area contributed by atoms with E-state index in [4.69, 9.17) is 5.73 Å². The summed E-state index contributed by atoms with van der Waals surface area (Å²) in [7, 11) is 6.64. The summed E-state index contributed by atoms with van der Waals surface area (Å²) < 4.78 is 0. The van der Waals surface area contributed by atoms with Gasteiger partial charge < -0.3 is 15.5 Å². The Morgan fingerprint density at radius 1 is 1.20 bits per heavy atom. The van der Waals surface area contributed by atoms with Crippen LogP contribution in [0.15, 0.2) is 18.2 Å². The first kappa shape index (κ1) is 15.3. The van der Waals surface area contributed by atoms with Crippen molar-refractivity contribution in [3.8, 4) is 0 Å². The third-order valence-electron chi connectivity index (χ3n) is 4.82. The zero-order valence-corrected chi connectivity index (χ0v) is 13.4. The van der Waals surface area contributed by atoms with Gasteiger partial charge in [-0.15, -0.1) is 0 Å². The lowest BCUT2D eigenvalue weighted by atomic mass is 9.75. The fraction of sp³-hybridized carbons (Fsp3) is 0.647. The molecule has 3 nitrogen and oxygen atoms in total. The fourth-order valence-corrected chi connectivity index (χ4v) is 3.30. The van der Waals surface area contributed by atoms with E-state index in [1.54, 1.807) is 0 Å². The van der Waals surface area contributed by atoms with Gasteiger partial charge in [0.15, 0.2) is 0 Å². The molecule has 1 fully saturated rings. The minimum atomic E-state index is 0.361. The number of benzene rings is 1. The van der Waals surface area contributed by atoms with Crippen LogP contribution in [0.3, 0.4) is 0 Å². The van der Waals surface area contributed by atoms with Gasteiger partial charge in [0.1, 0.15) is 0 Å². The first-order valence-electron chi connectivity index (χ1n) is 7.67. The molecule has 1 aliphatic carbocycles. The number of nitrogens with zero attached hydrogens (tertiary/aromatic N) is 2. The molecule has 0 spiro atoms. The Morgan fingerprint density at radius 2 is 1.90 bits per heavy atom. The van der Waals surface area contributed by atoms with E-state index in [-0.39, 0.29) is 0 Å². The maximum absolute atomic E-state index is 5.77. The summed E-state index contributed by atoms with van der Waals surface area (Å²) in [6, 6.07) is 6.74. The summed E-state index contributed by atoms with van der Waals surface area (Å²) in [5, 5.41) is 0. The molecule has 0 bridgehead atoms. The van der Waals surface area contributed by atoms with E-state index in [1.165, 1.54) is 36.1 Å². The molecule has 1 aromatic rings. The highest BCUT2D eigenvalue weighted by atomic mass is 15.2. The van der Waals surface area contributed by atoms with Crippen LogP contribution >= 0.6 is 0 Å². The molecule has 2 N–H and O–H groups in total. The first-order chi connectivity index (χ1) is 9.48. The lowest BCUT2D eigenvalue weighted by Gasteiger charge is -2.49. The maximum Gasteiger partial charge on any atom is 0.0397 e. The molecule has 1 saturated carbocycles. The number of nitrogens with two attached hydrogens (primary N) is 1. The van der Waals surface area contributed by atoms with Crippen molar-refractivity contribution >= 4 is 5.69 Å². The summed E-state index contributed by atoms with van der Waals surface area (Å²) in [5.41, 5.74) is 10.2. The Balaban J connectivity index is 2.18. The topological polar surface area (TPSA) is 32.5 Å². The number of rotatable bonds is 6. The molecule has 0 aliphatic heterocycles. The number of likely N-dealkylation sites (N-methyl/N-ethyl adjacent to an activating group) is 2. The van der Waals surface area contributed by atoms with Gasteiger partial charge in [0, 0.05) is 24.8 Å². The predicted octanol–water partition coefficient (Wildman–Crippen LogP) is 2.42. The van der Waals surface area contributed by atoms with Gasteiger partial charge in [-0.3, -0.25) is 0 Å². The van der Waals surface area contributed by atoms with Gasteiger partial charge in [-0.2, -0.15) is 0 Å². The first-order valence-corrected chi connectivity index (χ1v) is 7.67. The SMILES string of the molecule is Cc1ccc(N(C)CC2(N(C)C)CCC2)c(CCN)c1. The van der Waals surface area contributed by atoms with E-state index >= 15 is 0 Å². The van der Waals surface area contributed by atoms with Crippen LogP contribution in [-0.4, -0.2) is 44.7 Å². The second-order valence-electron chi connectivity index (χ2n) is 6.50. The van der Waals surface area contributed by atoms with E-state index in [9.17, 15) is 0 Å². The van der Waals surface area contributed by atoms with Crippen molar-refractivity contribution in [2.24, 2.45) is 5.73 Å². The molecule has 0 radical (unpaired) electrons. The van der Waals surface area contributed by atoms with Gasteiger partial charge in [0.2, 0.25) is 0 Å². The monoisotopic (exact) mass is 275 g/mol. The van der Waals surface area contributed by atoms with Gasteiger partial charge in [0.05, 0.1) is 0 Å². The van der Waals surface area contributed by atoms with E-state index in [2.05, 4.69) is 56.1 Å². The Bertz CT molecular complexity index is 450. The number of anilines is 1. The van der Waals surface area contributed by atoms with Crippen LogP contribution in [0.4, 0.5) is 5.69 Å². The molecule has 0 heterocycles. The van der Waals surface area contributed by atoms with Gasteiger partial charge in [-0.1, -0.05) is 17.7 Å². The minimum absolute atomic E-state index is 0.361. The number of hydrogen-bond acceptors (Lipinski definition) is 3. The Hall–Kier alpha value is -1.06. The van der Waals surface area contributed by atoms with Crippen LogP contribution in [0, 0.1) is 6.92 Å². The van der Waals surface area contributed by atoms with E-state index in [0.717, 1.165) is 13.0 Å². The van der Waals surface area contributed by atoms with Gasteiger partial charge in [0.25, 0.3) is 0 Å². The van der Waals surface area contributed by atoms with Crippen LogP contribution in [0.25, 0.3) is 0 Å². The second kappa shape index (κ2) is 6.15. The zero-order chi connectivity index (χ0) is 14.8. The third-order valence-corrected chi connectivity index (χ3v) is 4.82. The molecule has 2 rings (SSSR count). The summed E-state index contributed by atoms with van der Waals surface area (Å²) in [5.74, 6) is 0. The quantitative estimate of drug-likeness (QED) is 0.865. The van der Waals surface area contributed by atoms with Crippen molar-refractivity contribution in [2.75, 3.05) is 39.1 Å². The standard InChI is InChI=1S/C17H29N3/c1-14-6-7-16(15(12-14)8-11-18)20(4)13-17(19(2)3)9-5-10-17/h6-7,12H,5,8-11,13,18H2,1-4H3. The lowest BCUT2D eigenvalue weighted by molar-refractivity contribution is 0.0683. The van der Waals surface area contributed by atoms with Crippen molar-refractivity contribution < 1.29 is 0 Å². The summed E-state index contributed by atoms with van der Waals surface area (Å²) in [6.45, 7) is 3.96. The number of aryl methyl sites for hydroxylation is 1. The van der Waals surface area contributed by atoms with Crippen molar-refractivity contribution in [1.29, 1.82) is 0 Å². The largest absolute Gasteiger partial charge is 0.373 e. The average molecular weight is 275 g/mol. The molecule has 1 aromatic carbocycles. The number of hydrogen-bond donors (Lipinski definition) is 1. The van der Waals surface area contributed by atoms with Gasteiger partial charge in [-0.05, 0) is 64.9 Å². The summed E-state index contributed by atoms with van der Waals surface area (Å²) in [4.78, 5) is 4.83. The average Bonchev–Trinajstić information content (AvgIpc) is 2.33. The highest BCUT2D eigenvalue weighted by Crippen LogP contribution is 2.38. The zero-order valence-electron chi connectivity index (χ0n) is 13.4. The molecule has 3 heteroatoms. The highest BCUT2D eigenvalue weighted by Gasteiger charge is 2.40. The van der Waals surface area contributed by atoms with E-state index in [1.807, 2.05) is 0 Å². The lowest BCUT2D eigenvalue weighted by Crippen LogP contribution is -2.56. The molecule has 112 valence electrons. The molecule has 0 unspecified atom stereocenters. The normalized spacial score (nSPS) is 17.1. The van der Waals surface area contributed by atoms with Crippen LogP contribution < -0.4 is 10.6 Å². The second-order valence-corrected chi connectivity index (χ2v) is 6.50. The third kappa shape index (κ3) is 2.99. The molecule has 0 saturated heterocycles. The van der Waals surface area contributed by atoms with Crippen LogP contribution in [0.5, 0.6) is 0 Å².